The Hall–Kier alpha value is -2.58. The van der Waals surface area contributed by atoms with Gasteiger partial charge in [0.05, 0.1) is 23.7 Å². The van der Waals surface area contributed by atoms with Crippen molar-refractivity contribution in [3.8, 4) is 11.3 Å². The minimum Gasteiger partial charge on any atom is -0.379 e. The molecule has 1 aliphatic heterocycles. The molecule has 0 radical (unpaired) electrons. The van der Waals surface area contributed by atoms with Crippen LogP contribution in [0.4, 0.5) is 0 Å². The minimum absolute atomic E-state index is 0.117. The zero-order chi connectivity index (χ0) is 17.2. The topological polar surface area (TPSA) is 84.8 Å². The van der Waals surface area contributed by atoms with E-state index in [4.69, 9.17) is 4.74 Å². The average molecular weight is 339 g/mol. The summed E-state index contributed by atoms with van der Waals surface area (Å²) >= 11 is 0. The van der Waals surface area contributed by atoms with Crippen molar-refractivity contribution in [3.63, 3.8) is 0 Å². The van der Waals surface area contributed by atoms with Crippen LogP contribution in [-0.2, 0) is 18.3 Å². The lowest BCUT2D eigenvalue weighted by atomic mass is 10.0. The van der Waals surface area contributed by atoms with E-state index in [1.165, 1.54) is 5.56 Å². The number of aromatic nitrogens is 6. The molecule has 0 amide bonds. The van der Waals surface area contributed by atoms with Crippen molar-refractivity contribution < 1.29 is 4.74 Å². The van der Waals surface area contributed by atoms with Gasteiger partial charge in [-0.05, 0) is 12.1 Å². The van der Waals surface area contributed by atoms with E-state index < -0.39 is 0 Å². The molecule has 8 nitrogen and oxygen atoms in total. The van der Waals surface area contributed by atoms with Gasteiger partial charge in [-0.25, -0.2) is 0 Å². The Balaban J connectivity index is 1.55. The monoisotopic (exact) mass is 339 g/mol. The average Bonchev–Trinajstić information content (AvgIpc) is 3.35. The molecule has 4 rings (SSSR count). The van der Waals surface area contributed by atoms with Crippen molar-refractivity contribution in [2.24, 2.45) is 7.05 Å². The van der Waals surface area contributed by atoms with Gasteiger partial charge in [0, 0.05) is 69.4 Å². The molecule has 4 heterocycles. The summed E-state index contributed by atoms with van der Waals surface area (Å²) in [7, 11) is 3.71. The second-order valence-electron chi connectivity index (χ2n) is 6.38. The van der Waals surface area contributed by atoms with Crippen molar-refractivity contribution in [1.29, 1.82) is 0 Å². The number of H-pyrrole nitrogens is 1. The molecule has 0 saturated carbocycles. The molecule has 1 fully saturated rings. The van der Waals surface area contributed by atoms with E-state index in [1.807, 2.05) is 23.9 Å². The van der Waals surface area contributed by atoms with Crippen molar-refractivity contribution in [2.45, 2.75) is 18.6 Å². The van der Waals surface area contributed by atoms with Gasteiger partial charge in [-0.3, -0.25) is 14.6 Å². The van der Waals surface area contributed by atoms with Crippen LogP contribution in [0.15, 0.2) is 36.9 Å². The van der Waals surface area contributed by atoms with Crippen LogP contribution in [0.5, 0.6) is 0 Å². The van der Waals surface area contributed by atoms with Crippen molar-refractivity contribution in [3.05, 3.63) is 48.2 Å². The van der Waals surface area contributed by atoms with Crippen LogP contribution in [-0.4, -0.2) is 61.4 Å². The lowest BCUT2D eigenvalue weighted by Gasteiger charge is -2.15. The number of nitrogens with one attached hydrogen (secondary N) is 1. The maximum absolute atomic E-state index is 5.68. The highest BCUT2D eigenvalue weighted by atomic mass is 16.5. The Morgan fingerprint density at radius 1 is 1.28 bits per heavy atom. The number of hydrogen-bond acceptors (Lipinski definition) is 6. The zero-order valence-electron chi connectivity index (χ0n) is 14.3. The van der Waals surface area contributed by atoms with E-state index in [1.54, 1.807) is 25.7 Å². The lowest BCUT2D eigenvalue weighted by molar-refractivity contribution is 0.0957. The number of hydrogen-bond donors (Lipinski definition) is 1. The van der Waals surface area contributed by atoms with Gasteiger partial charge in [0.25, 0.3) is 0 Å². The molecule has 8 heteroatoms. The third kappa shape index (κ3) is 3.18. The van der Waals surface area contributed by atoms with Crippen molar-refractivity contribution in [1.82, 2.24) is 35.1 Å². The summed E-state index contributed by atoms with van der Waals surface area (Å²) < 4.78 is 7.55. The molecular formula is C17H21N7O. The number of rotatable bonds is 5. The number of nitrogens with zero attached hydrogens (tertiary/aromatic N) is 6. The first-order valence-electron chi connectivity index (χ1n) is 8.28. The second-order valence-corrected chi connectivity index (χ2v) is 6.38. The molecule has 1 saturated heterocycles. The Morgan fingerprint density at radius 2 is 2.12 bits per heavy atom. The molecule has 1 N–H and O–H groups in total. The van der Waals surface area contributed by atoms with Crippen molar-refractivity contribution >= 4 is 0 Å². The molecule has 130 valence electrons. The normalized spacial score (nSPS) is 21.0. The van der Waals surface area contributed by atoms with Crippen LogP contribution in [0.3, 0.4) is 0 Å². The fraction of sp³-hybridized carbons (Fsp3) is 0.412. The fourth-order valence-corrected chi connectivity index (χ4v) is 3.54. The molecule has 0 aromatic carbocycles. The summed E-state index contributed by atoms with van der Waals surface area (Å²) in [6, 6.07) is 3.98. The summed E-state index contributed by atoms with van der Waals surface area (Å²) in [4.78, 5) is 6.48. The quantitative estimate of drug-likeness (QED) is 0.752. The first-order valence-corrected chi connectivity index (χ1v) is 8.28. The summed E-state index contributed by atoms with van der Waals surface area (Å²) in [5.74, 6) is 0.227. The van der Waals surface area contributed by atoms with Crippen LogP contribution in [0.1, 0.15) is 17.2 Å². The van der Waals surface area contributed by atoms with Crippen molar-refractivity contribution in [2.75, 3.05) is 20.2 Å². The smallest absolute Gasteiger partial charge is 0.0969 e. The van der Waals surface area contributed by atoms with Crippen LogP contribution >= 0.6 is 0 Å². The summed E-state index contributed by atoms with van der Waals surface area (Å²) in [6.45, 7) is 2.56. The van der Waals surface area contributed by atoms with E-state index >= 15 is 0 Å². The van der Waals surface area contributed by atoms with Gasteiger partial charge in [0.1, 0.15) is 0 Å². The summed E-state index contributed by atoms with van der Waals surface area (Å²) in [6.07, 6.45) is 7.58. The highest BCUT2D eigenvalue weighted by molar-refractivity contribution is 5.61. The Labute approximate surface area is 145 Å². The SMILES string of the molecule is CO[C@@H]1CN(Cc2cn(C)nc2-c2ccncc2)C[C@H]1c1cn[nH]n1. The standard InChI is InChI=1S/C17H21N7O/c1-23-8-13(17(21-23)12-3-5-18-6-4-12)9-24-10-14(16(11-24)25-2)15-7-19-22-20-15/h3-8,14,16H,9-11H2,1-2H3,(H,19,20,22)/t14-,16+/m0/s1. The largest absolute Gasteiger partial charge is 0.379 e. The predicted molar refractivity (Wildman–Crippen MR) is 91.6 cm³/mol. The van der Waals surface area contributed by atoms with Crippen LogP contribution < -0.4 is 0 Å². The van der Waals surface area contributed by atoms with Gasteiger partial charge in [0.15, 0.2) is 0 Å². The number of ether oxygens (including phenoxy) is 1. The van der Waals surface area contributed by atoms with Crippen LogP contribution in [0.25, 0.3) is 11.3 Å². The van der Waals surface area contributed by atoms with Gasteiger partial charge in [-0.15, -0.1) is 0 Å². The second kappa shape index (κ2) is 6.73. The van der Waals surface area contributed by atoms with Crippen LogP contribution in [0.2, 0.25) is 0 Å². The first-order chi connectivity index (χ1) is 12.2. The van der Waals surface area contributed by atoms with Gasteiger partial charge < -0.3 is 4.74 Å². The van der Waals surface area contributed by atoms with Crippen LogP contribution in [0, 0.1) is 0 Å². The third-order valence-electron chi connectivity index (χ3n) is 4.71. The molecule has 1 aliphatic rings. The molecule has 2 atom stereocenters. The molecule has 0 unspecified atom stereocenters. The van der Waals surface area contributed by atoms with Gasteiger partial charge in [0.2, 0.25) is 0 Å². The minimum atomic E-state index is 0.117. The van der Waals surface area contributed by atoms with E-state index in [9.17, 15) is 0 Å². The molecule has 0 spiro atoms. The van der Waals surface area contributed by atoms with E-state index in [-0.39, 0.29) is 12.0 Å². The predicted octanol–water partition coefficient (Wildman–Crippen LogP) is 1.21. The zero-order valence-corrected chi connectivity index (χ0v) is 14.3. The number of aromatic amines is 1. The highest BCUT2D eigenvalue weighted by Crippen LogP contribution is 2.30. The van der Waals surface area contributed by atoms with Gasteiger partial charge in [-0.2, -0.15) is 20.5 Å². The number of likely N-dealkylation sites (tertiary alicyclic amines) is 1. The number of aryl methyl sites for hydroxylation is 1. The molecule has 25 heavy (non-hydrogen) atoms. The molecule has 0 bridgehead atoms. The Kier molecular flexibility index (Phi) is 4.29. The van der Waals surface area contributed by atoms with E-state index in [0.717, 1.165) is 36.6 Å². The maximum Gasteiger partial charge on any atom is 0.0969 e. The maximum atomic E-state index is 5.68. The van der Waals surface area contributed by atoms with E-state index in [2.05, 4.69) is 36.6 Å². The fourth-order valence-electron chi connectivity index (χ4n) is 3.54. The molecule has 0 aliphatic carbocycles. The van der Waals surface area contributed by atoms with E-state index in [0.29, 0.717) is 0 Å². The molecule has 3 aromatic rings. The van der Waals surface area contributed by atoms with Gasteiger partial charge in [-0.1, -0.05) is 0 Å². The summed E-state index contributed by atoms with van der Waals surface area (Å²) in [5.41, 5.74) is 4.24. The summed E-state index contributed by atoms with van der Waals surface area (Å²) in [5, 5.41) is 15.5. The Morgan fingerprint density at radius 3 is 2.84 bits per heavy atom. The first kappa shape index (κ1) is 15.9. The number of methoxy groups -OCH3 is 1. The Bertz CT molecular complexity index is 815. The lowest BCUT2D eigenvalue weighted by Crippen LogP contribution is -2.22. The third-order valence-corrected chi connectivity index (χ3v) is 4.71. The number of pyridine rings is 1. The molecular weight excluding hydrogens is 318 g/mol. The van der Waals surface area contributed by atoms with Gasteiger partial charge >= 0.3 is 0 Å². The highest BCUT2D eigenvalue weighted by Gasteiger charge is 2.35. The molecule has 3 aromatic heterocycles.